The predicted molar refractivity (Wildman–Crippen MR) is 54.6 cm³/mol. The molecule has 3 N–H and O–H groups in total. The molecule has 0 heterocycles. The van der Waals surface area contributed by atoms with Gasteiger partial charge in [-0.3, -0.25) is 0 Å². The van der Waals surface area contributed by atoms with Crippen LogP contribution < -0.4 is 5.73 Å². The van der Waals surface area contributed by atoms with E-state index in [1.54, 1.807) is 0 Å². The monoisotopic (exact) mass is 179 g/mol. The Balaban J connectivity index is 2.64. The molecule has 2 nitrogen and oxygen atoms in total. The lowest BCUT2D eigenvalue weighted by Gasteiger charge is -2.14. The Hall–Kier alpha value is -0.860. The summed E-state index contributed by atoms with van der Waals surface area (Å²) < 4.78 is 0. The number of hydrogen-bond donors (Lipinski definition) is 2. The molecule has 0 aliphatic carbocycles. The van der Waals surface area contributed by atoms with Crippen LogP contribution in [-0.2, 0) is 0 Å². The lowest BCUT2D eigenvalue weighted by atomic mass is 9.93. The summed E-state index contributed by atoms with van der Waals surface area (Å²) in [6.07, 6.45) is 1.76. The smallest absolute Gasteiger partial charge is 0.0436 e. The first-order chi connectivity index (χ1) is 6.38. The first kappa shape index (κ1) is 10.2. The Morgan fingerprint density at radius 3 is 2.38 bits per heavy atom. The van der Waals surface area contributed by atoms with E-state index in [0.29, 0.717) is 12.5 Å². The van der Waals surface area contributed by atoms with Crippen molar-refractivity contribution in [1.29, 1.82) is 0 Å². The molecule has 1 aromatic carbocycles. The SMILES string of the molecule is NCC[C@@H](CCO)c1ccccc1. The average Bonchev–Trinajstić information content (AvgIpc) is 2.19. The number of aliphatic hydroxyl groups excluding tert-OH is 1. The van der Waals surface area contributed by atoms with Crippen molar-refractivity contribution in [2.45, 2.75) is 18.8 Å². The second-order valence-corrected chi connectivity index (χ2v) is 3.20. The van der Waals surface area contributed by atoms with Crippen molar-refractivity contribution in [1.82, 2.24) is 0 Å². The summed E-state index contributed by atoms with van der Waals surface area (Å²) in [7, 11) is 0. The average molecular weight is 179 g/mol. The standard InChI is InChI=1S/C11H17NO/c12-8-6-11(7-9-13)10-4-2-1-3-5-10/h1-5,11,13H,6-9,12H2/t11-/m0/s1. The molecule has 0 amide bonds. The first-order valence-electron chi connectivity index (χ1n) is 4.74. The zero-order chi connectivity index (χ0) is 9.52. The maximum atomic E-state index is 8.88. The highest BCUT2D eigenvalue weighted by molar-refractivity contribution is 5.19. The topological polar surface area (TPSA) is 46.2 Å². The molecule has 0 aliphatic rings. The van der Waals surface area contributed by atoms with Crippen molar-refractivity contribution < 1.29 is 5.11 Å². The highest BCUT2D eigenvalue weighted by Crippen LogP contribution is 2.21. The lowest BCUT2D eigenvalue weighted by Crippen LogP contribution is -2.08. The second kappa shape index (κ2) is 5.73. The van der Waals surface area contributed by atoms with Crippen LogP contribution in [0.2, 0.25) is 0 Å². The minimum Gasteiger partial charge on any atom is -0.396 e. The molecule has 0 radical (unpaired) electrons. The zero-order valence-electron chi connectivity index (χ0n) is 7.82. The summed E-state index contributed by atoms with van der Waals surface area (Å²) in [5.41, 5.74) is 6.80. The van der Waals surface area contributed by atoms with Crippen LogP contribution in [0.1, 0.15) is 24.3 Å². The molecule has 1 rings (SSSR count). The van der Waals surface area contributed by atoms with Crippen molar-refractivity contribution in [3.63, 3.8) is 0 Å². The van der Waals surface area contributed by atoms with Crippen LogP contribution in [0.25, 0.3) is 0 Å². The van der Waals surface area contributed by atoms with E-state index in [1.807, 2.05) is 18.2 Å². The summed E-state index contributed by atoms with van der Waals surface area (Å²) in [5, 5.41) is 8.88. The van der Waals surface area contributed by atoms with Crippen molar-refractivity contribution in [2.24, 2.45) is 5.73 Å². The van der Waals surface area contributed by atoms with Crippen LogP contribution >= 0.6 is 0 Å². The minimum atomic E-state index is 0.236. The van der Waals surface area contributed by atoms with E-state index >= 15 is 0 Å². The van der Waals surface area contributed by atoms with Gasteiger partial charge in [0.2, 0.25) is 0 Å². The third-order valence-corrected chi connectivity index (χ3v) is 2.26. The molecular formula is C11H17NO. The van der Waals surface area contributed by atoms with Crippen molar-refractivity contribution in [3.8, 4) is 0 Å². The van der Waals surface area contributed by atoms with Gasteiger partial charge in [-0.2, -0.15) is 0 Å². The fourth-order valence-electron chi connectivity index (χ4n) is 1.56. The van der Waals surface area contributed by atoms with E-state index in [-0.39, 0.29) is 6.61 Å². The number of rotatable bonds is 5. The van der Waals surface area contributed by atoms with Crippen molar-refractivity contribution >= 4 is 0 Å². The second-order valence-electron chi connectivity index (χ2n) is 3.20. The molecule has 0 aromatic heterocycles. The molecule has 0 aliphatic heterocycles. The van der Waals surface area contributed by atoms with Gasteiger partial charge >= 0.3 is 0 Å². The fourth-order valence-corrected chi connectivity index (χ4v) is 1.56. The van der Waals surface area contributed by atoms with Crippen LogP contribution in [0.4, 0.5) is 0 Å². The largest absolute Gasteiger partial charge is 0.396 e. The van der Waals surface area contributed by atoms with Gasteiger partial charge in [0.15, 0.2) is 0 Å². The van der Waals surface area contributed by atoms with Crippen LogP contribution in [0, 0.1) is 0 Å². The fraction of sp³-hybridized carbons (Fsp3) is 0.455. The number of hydrogen-bond acceptors (Lipinski definition) is 2. The van der Waals surface area contributed by atoms with Gasteiger partial charge in [0.05, 0.1) is 0 Å². The Bertz CT molecular complexity index is 217. The number of aliphatic hydroxyl groups is 1. The van der Waals surface area contributed by atoms with Gasteiger partial charge in [0.25, 0.3) is 0 Å². The number of benzene rings is 1. The molecule has 1 atom stereocenters. The summed E-state index contributed by atoms with van der Waals surface area (Å²) >= 11 is 0. The highest BCUT2D eigenvalue weighted by atomic mass is 16.3. The van der Waals surface area contributed by atoms with Crippen LogP contribution in [0.3, 0.4) is 0 Å². The van der Waals surface area contributed by atoms with Crippen LogP contribution in [0.5, 0.6) is 0 Å². The molecule has 0 unspecified atom stereocenters. The molecular weight excluding hydrogens is 162 g/mol. The first-order valence-corrected chi connectivity index (χ1v) is 4.74. The molecule has 2 heteroatoms. The van der Waals surface area contributed by atoms with Gasteiger partial charge in [-0.1, -0.05) is 30.3 Å². The summed E-state index contributed by atoms with van der Waals surface area (Å²) in [6, 6.07) is 10.2. The molecule has 0 spiro atoms. The molecule has 1 aromatic rings. The predicted octanol–water partition coefficient (Wildman–Crippen LogP) is 1.50. The highest BCUT2D eigenvalue weighted by Gasteiger charge is 2.08. The maximum absolute atomic E-state index is 8.88. The molecule has 0 saturated heterocycles. The van der Waals surface area contributed by atoms with Gasteiger partial charge in [-0.05, 0) is 30.9 Å². The van der Waals surface area contributed by atoms with E-state index in [4.69, 9.17) is 10.8 Å². The molecule has 13 heavy (non-hydrogen) atoms. The molecule has 0 bridgehead atoms. The van der Waals surface area contributed by atoms with Crippen LogP contribution in [0.15, 0.2) is 30.3 Å². The van der Waals surface area contributed by atoms with Gasteiger partial charge in [0.1, 0.15) is 0 Å². The third kappa shape index (κ3) is 3.17. The maximum Gasteiger partial charge on any atom is 0.0436 e. The Morgan fingerprint density at radius 1 is 1.15 bits per heavy atom. The molecule has 0 saturated carbocycles. The Morgan fingerprint density at radius 2 is 1.85 bits per heavy atom. The van der Waals surface area contributed by atoms with Crippen molar-refractivity contribution in [3.05, 3.63) is 35.9 Å². The molecule has 72 valence electrons. The van der Waals surface area contributed by atoms with Gasteiger partial charge in [-0.15, -0.1) is 0 Å². The van der Waals surface area contributed by atoms with Crippen molar-refractivity contribution in [2.75, 3.05) is 13.2 Å². The minimum absolute atomic E-state index is 0.236. The van der Waals surface area contributed by atoms with Gasteiger partial charge < -0.3 is 10.8 Å². The van der Waals surface area contributed by atoms with Gasteiger partial charge in [0, 0.05) is 6.61 Å². The van der Waals surface area contributed by atoms with Gasteiger partial charge in [-0.25, -0.2) is 0 Å². The summed E-state index contributed by atoms with van der Waals surface area (Å²) in [5.74, 6) is 0.413. The summed E-state index contributed by atoms with van der Waals surface area (Å²) in [4.78, 5) is 0. The Labute approximate surface area is 79.4 Å². The van der Waals surface area contributed by atoms with E-state index in [9.17, 15) is 0 Å². The number of nitrogens with two attached hydrogens (primary N) is 1. The third-order valence-electron chi connectivity index (χ3n) is 2.26. The van der Waals surface area contributed by atoms with E-state index in [0.717, 1.165) is 12.8 Å². The van der Waals surface area contributed by atoms with E-state index < -0.39 is 0 Å². The lowest BCUT2D eigenvalue weighted by molar-refractivity contribution is 0.273. The normalized spacial score (nSPS) is 12.8. The summed E-state index contributed by atoms with van der Waals surface area (Å²) in [6.45, 7) is 0.916. The zero-order valence-corrected chi connectivity index (χ0v) is 7.82. The van der Waals surface area contributed by atoms with Crippen LogP contribution in [-0.4, -0.2) is 18.3 Å². The quantitative estimate of drug-likeness (QED) is 0.719. The Kier molecular flexibility index (Phi) is 4.50. The molecule has 0 fully saturated rings. The van der Waals surface area contributed by atoms with E-state index in [1.165, 1.54) is 5.56 Å². The van der Waals surface area contributed by atoms with E-state index in [2.05, 4.69) is 12.1 Å².